The fourth-order valence-corrected chi connectivity index (χ4v) is 4.90. The number of piperidine rings is 1. The predicted octanol–water partition coefficient (Wildman–Crippen LogP) is 1.50. The van der Waals surface area contributed by atoms with Crippen molar-refractivity contribution < 1.29 is 8.42 Å². The first-order chi connectivity index (χ1) is 10.4. The highest BCUT2D eigenvalue weighted by Gasteiger charge is 2.36. The van der Waals surface area contributed by atoms with Crippen LogP contribution in [-0.4, -0.2) is 50.8 Å². The Bertz CT molecular complexity index is 584. The maximum Gasteiger partial charge on any atom is 0.243 e. The van der Waals surface area contributed by atoms with Gasteiger partial charge in [0.2, 0.25) is 10.0 Å². The van der Waals surface area contributed by atoms with Crippen LogP contribution in [0.2, 0.25) is 0 Å². The molecule has 2 N–H and O–H groups in total. The van der Waals surface area contributed by atoms with Gasteiger partial charge < -0.3 is 10.6 Å². The van der Waals surface area contributed by atoms with Crippen LogP contribution in [0.25, 0.3) is 0 Å². The van der Waals surface area contributed by atoms with Gasteiger partial charge in [0.25, 0.3) is 0 Å². The number of hydrogen-bond donors (Lipinski definition) is 1. The standard InChI is InChI=1S/C16H27N3O2S/c1-13-5-4-10-19(16(13)11-17)22(20,21)15-8-6-14(7-9-15)12-18(2)3/h6-9,13,16H,4-5,10-12,17H2,1-3H3. The van der Waals surface area contributed by atoms with E-state index in [2.05, 4.69) is 11.8 Å². The summed E-state index contributed by atoms with van der Waals surface area (Å²) in [5.41, 5.74) is 6.93. The number of nitrogens with two attached hydrogens (primary N) is 1. The second kappa shape index (κ2) is 7.08. The second-order valence-corrected chi connectivity index (χ2v) is 8.31. The molecule has 0 radical (unpaired) electrons. The van der Waals surface area contributed by atoms with Crippen LogP contribution in [0.1, 0.15) is 25.3 Å². The van der Waals surface area contributed by atoms with Crippen molar-refractivity contribution in [1.82, 2.24) is 9.21 Å². The van der Waals surface area contributed by atoms with Crippen molar-refractivity contribution in [2.45, 2.75) is 37.2 Å². The van der Waals surface area contributed by atoms with Gasteiger partial charge in [0.1, 0.15) is 0 Å². The first kappa shape index (κ1) is 17.4. The minimum absolute atomic E-state index is 0.0970. The van der Waals surface area contributed by atoms with E-state index in [1.165, 1.54) is 0 Å². The van der Waals surface area contributed by atoms with Gasteiger partial charge in [0.05, 0.1) is 4.90 Å². The summed E-state index contributed by atoms with van der Waals surface area (Å²) in [4.78, 5) is 2.42. The summed E-state index contributed by atoms with van der Waals surface area (Å²) in [6, 6.07) is 7.09. The largest absolute Gasteiger partial charge is 0.329 e. The summed E-state index contributed by atoms with van der Waals surface area (Å²) in [5, 5.41) is 0. The molecule has 6 heteroatoms. The predicted molar refractivity (Wildman–Crippen MR) is 89.0 cm³/mol. The Kier molecular flexibility index (Phi) is 5.60. The van der Waals surface area contributed by atoms with Crippen molar-refractivity contribution in [3.8, 4) is 0 Å². The third-order valence-corrected chi connectivity index (χ3v) is 6.27. The SMILES string of the molecule is CC1CCCN(S(=O)(=O)c2ccc(CN(C)C)cc2)C1CN. The molecule has 22 heavy (non-hydrogen) atoms. The lowest BCUT2D eigenvalue weighted by Crippen LogP contribution is -2.51. The fraction of sp³-hybridized carbons (Fsp3) is 0.625. The molecule has 2 unspecified atom stereocenters. The normalized spacial score (nSPS) is 23.9. The quantitative estimate of drug-likeness (QED) is 0.891. The number of benzene rings is 1. The van der Waals surface area contributed by atoms with Crippen LogP contribution in [-0.2, 0) is 16.6 Å². The molecule has 0 amide bonds. The van der Waals surface area contributed by atoms with Crippen LogP contribution in [0.5, 0.6) is 0 Å². The molecule has 0 saturated carbocycles. The molecular formula is C16H27N3O2S. The van der Waals surface area contributed by atoms with Gasteiger partial charge in [-0.15, -0.1) is 0 Å². The molecule has 1 aromatic carbocycles. The molecule has 1 saturated heterocycles. The smallest absolute Gasteiger partial charge is 0.243 e. The molecule has 0 aliphatic carbocycles. The highest BCUT2D eigenvalue weighted by Crippen LogP contribution is 2.28. The second-order valence-electron chi connectivity index (χ2n) is 6.42. The van der Waals surface area contributed by atoms with Gasteiger partial charge in [-0.25, -0.2) is 8.42 Å². The van der Waals surface area contributed by atoms with E-state index in [4.69, 9.17) is 5.73 Å². The lowest BCUT2D eigenvalue weighted by Gasteiger charge is -2.38. The Hall–Kier alpha value is -0.950. The summed E-state index contributed by atoms with van der Waals surface area (Å²) in [6.07, 6.45) is 1.94. The average Bonchev–Trinajstić information content (AvgIpc) is 2.47. The van der Waals surface area contributed by atoms with Gasteiger partial charge in [0, 0.05) is 25.7 Å². The van der Waals surface area contributed by atoms with E-state index < -0.39 is 10.0 Å². The molecular weight excluding hydrogens is 298 g/mol. The molecule has 1 aliphatic heterocycles. The molecule has 2 atom stereocenters. The Labute approximate surface area is 134 Å². The minimum Gasteiger partial charge on any atom is -0.329 e. The highest BCUT2D eigenvalue weighted by molar-refractivity contribution is 7.89. The van der Waals surface area contributed by atoms with E-state index in [0.29, 0.717) is 23.9 Å². The van der Waals surface area contributed by atoms with Crippen LogP contribution in [0.4, 0.5) is 0 Å². The number of hydrogen-bond acceptors (Lipinski definition) is 4. The molecule has 124 valence electrons. The summed E-state index contributed by atoms with van der Waals surface area (Å²) >= 11 is 0. The maximum absolute atomic E-state index is 12.9. The first-order valence-corrected chi connectivity index (χ1v) is 9.26. The molecule has 2 rings (SSSR count). The molecule has 0 bridgehead atoms. The minimum atomic E-state index is -3.46. The lowest BCUT2D eigenvalue weighted by atomic mass is 9.93. The third-order valence-electron chi connectivity index (χ3n) is 4.33. The number of nitrogens with zero attached hydrogens (tertiary/aromatic N) is 2. The highest BCUT2D eigenvalue weighted by atomic mass is 32.2. The Morgan fingerprint density at radius 1 is 1.27 bits per heavy atom. The van der Waals surface area contributed by atoms with Crippen LogP contribution in [0.15, 0.2) is 29.2 Å². The van der Waals surface area contributed by atoms with Gasteiger partial charge in [-0.05, 0) is 50.6 Å². The summed E-state index contributed by atoms with van der Waals surface area (Å²) in [7, 11) is 0.522. The van der Waals surface area contributed by atoms with Gasteiger partial charge in [0.15, 0.2) is 0 Å². The Morgan fingerprint density at radius 2 is 1.91 bits per heavy atom. The molecule has 0 aromatic heterocycles. The molecule has 1 fully saturated rings. The maximum atomic E-state index is 12.9. The summed E-state index contributed by atoms with van der Waals surface area (Å²) in [6.45, 7) is 3.82. The Balaban J connectivity index is 2.25. The molecule has 1 heterocycles. The monoisotopic (exact) mass is 325 g/mol. The Morgan fingerprint density at radius 3 is 2.45 bits per heavy atom. The average molecular weight is 325 g/mol. The first-order valence-electron chi connectivity index (χ1n) is 7.82. The number of rotatable bonds is 5. The van der Waals surface area contributed by atoms with Gasteiger partial charge >= 0.3 is 0 Å². The van der Waals surface area contributed by atoms with E-state index in [1.54, 1.807) is 16.4 Å². The third kappa shape index (κ3) is 3.68. The summed E-state index contributed by atoms with van der Waals surface area (Å²) in [5.74, 6) is 0.307. The van der Waals surface area contributed by atoms with Crippen molar-refractivity contribution in [2.24, 2.45) is 11.7 Å². The van der Waals surface area contributed by atoms with E-state index in [1.807, 2.05) is 26.2 Å². The van der Waals surface area contributed by atoms with Gasteiger partial charge in [-0.3, -0.25) is 0 Å². The van der Waals surface area contributed by atoms with E-state index in [0.717, 1.165) is 24.9 Å². The number of sulfonamides is 1. The zero-order valence-corrected chi connectivity index (χ0v) is 14.5. The van der Waals surface area contributed by atoms with Crippen LogP contribution in [0, 0.1) is 5.92 Å². The molecule has 1 aromatic rings. The van der Waals surface area contributed by atoms with Crippen molar-refractivity contribution in [2.75, 3.05) is 27.2 Å². The van der Waals surface area contributed by atoms with Crippen LogP contribution >= 0.6 is 0 Å². The zero-order valence-electron chi connectivity index (χ0n) is 13.7. The van der Waals surface area contributed by atoms with Crippen molar-refractivity contribution in [3.05, 3.63) is 29.8 Å². The van der Waals surface area contributed by atoms with Crippen molar-refractivity contribution in [3.63, 3.8) is 0 Å². The van der Waals surface area contributed by atoms with E-state index >= 15 is 0 Å². The van der Waals surface area contributed by atoms with Gasteiger partial charge in [-0.2, -0.15) is 4.31 Å². The topological polar surface area (TPSA) is 66.6 Å². The van der Waals surface area contributed by atoms with Crippen LogP contribution in [0.3, 0.4) is 0 Å². The van der Waals surface area contributed by atoms with Gasteiger partial charge in [-0.1, -0.05) is 19.1 Å². The molecule has 1 aliphatic rings. The van der Waals surface area contributed by atoms with Crippen LogP contribution < -0.4 is 5.73 Å². The van der Waals surface area contributed by atoms with E-state index in [-0.39, 0.29) is 6.04 Å². The lowest BCUT2D eigenvalue weighted by molar-refractivity contribution is 0.192. The zero-order chi connectivity index (χ0) is 16.3. The van der Waals surface area contributed by atoms with E-state index in [9.17, 15) is 8.42 Å². The van der Waals surface area contributed by atoms with Crippen molar-refractivity contribution in [1.29, 1.82) is 0 Å². The summed E-state index contributed by atoms with van der Waals surface area (Å²) < 4.78 is 27.4. The molecule has 5 nitrogen and oxygen atoms in total. The van der Waals surface area contributed by atoms with Crippen molar-refractivity contribution >= 4 is 10.0 Å². The fourth-order valence-electron chi connectivity index (χ4n) is 3.13. The molecule has 0 spiro atoms.